The van der Waals surface area contributed by atoms with Crippen molar-refractivity contribution in [1.82, 2.24) is 15.0 Å². The molecule has 2 heterocycles. The maximum Gasteiger partial charge on any atom is 0.343 e. The highest BCUT2D eigenvalue weighted by Gasteiger charge is 2.13. The third kappa shape index (κ3) is 4.29. The van der Waals surface area contributed by atoms with Crippen molar-refractivity contribution >= 4 is 17.6 Å². The molecule has 0 amide bonds. The minimum Gasteiger partial charge on any atom is -0.481 e. The Morgan fingerprint density at radius 1 is 0.867 bits per heavy atom. The Hall–Kier alpha value is -3.77. The standard InChI is InChI=1S/C23H16ClN3O3/c1-29-22-9-7-19(13-27-22)30-23(28)17-6-8-21(24)20(10-17)16-4-2-15(3-5-16)18-11-25-14-26-12-18/h2-14H,1H3. The zero-order valence-corrected chi connectivity index (χ0v) is 16.7. The molecular formula is C23H16ClN3O3. The van der Waals surface area contributed by atoms with Gasteiger partial charge in [0.25, 0.3) is 0 Å². The highest BCUT2D eigenvalue weighted by molar-refractivity contribution is 6.33. The van der Waals surface area contributed by atoms with E-state index in [1.807, 2.05) is 24.3 Å². The van der Waals surface area contributed by atoms with E-state index in [0.717, 1.165) is 22.3 Å². The number of nitrogens with zero attached hydrogens (tertiary/aromatic N) is 3. The molecule has 2 aromatic carbocycles. The summed E-state index contributed by atoms with van der Waals surface area (Å²) in [6.07, 6.45) is 6.42. The molecule has 0 N–H and O–H groups in total. The molecule has 0 saturated carbocycles. The average molecular weight is 418 g/mol. The lowest BCUT2D eigenvalue weighted by atomic mass is 10.00. The van der Waals surface area contributed by atoms with Crippen LogP contribution in [0, 0.1) is 0 Å². The Balaban J connectivity index is 1.57. The zero-order chi connectivity index (χ0) is 20.9. The Morgan fingerprint density at radius 3 is 2.27 bits per heavy atom. The largest absolute Gasteiger partial charge is 0.481 e. The number of benzene rings is 2. The molecule has 0 aliphatic carbocycles. The van der Waals surface area contributed by atoms with Crippen molar-refractivity contribution in [2.45, 2.75) is 0 Å². The number of carbonyl (C=O) groups excluding carboxylic acids is 1. The number of ether oxygens (including phenoxy) is 2. The fraction of sp³-hybridized carbons (Fsp3) is 0.0435. The molecule has 0 fully saturated rings. The summed E-state index contributed by atoms with van der Waals surface area (Å²) >= 11 is 6.39. The molecule has 4 aromatic rings. The fourth-order valence-corrected chi connectivity index (χ4v) is 3.10. The quantitative estimate of drug-likeness (QED) is 0.421. The molecule has 0 saturated heterocycles. The van der Waals surface area contributed by atoms with Crippen LogP contribution in [0.25, 0.3) is 22.3 Å². The van der Waals surface area contributed by atoms with E-state index in [9.17, 15) is 4.79 Å². The molecule has 0 unspecified atom stereocenters. The summed E-state index contributed by atoms with van der Waals surface area (Å²) in [6, 6.07) is 16.0. The van der Waals surface area contributed by atoms with Crippen molar-refractivity contribution in [3.05, 3.63) is 90.1 Å². The summed E-state index contributed by atoms with van der Waals surface area (Å²) in [4.78, 5) is 24.7. The molecule has 4 rings (SSSR count). The second-order valence-electron chi connectivity index (χ2n) is 6.32. The third-order valence-corrected chi connectivity index (χ3v) is 4.75. The fourth-order valence-electron chi connectivity index (χ4n) is 2.88. The molecular weight excluding hydrogens is 402 g/mol. The first-order chi connectivity index (χ1) is 14.6. The average Bonchev–Trinajstić information content (AvgIpc) is 2.80. The van der Waals surface area contributed by atoms with Crippen LogP contribution in [0.2, 0.25) is 5.02 Å². The Bertz CT molecular complexity index is 1160. The van der Waals surface area contributed by atoms with E-state index in [1.165, 1.54) is 19.6 Å². The summed E-state index contributed by atoms with van der Waals surface area (Å²) < 4.78 is 10.4. The summed E-state index contributed by atoms with van der Waals surface area (Å²) in [5.74, 6) is 0.263. The minimum absolute atomic E-state index is 0.326. The first-order valence-electron chi connectivity index (χ1n) is 9.01. The van der Waals surface area contributed by atoms with Crippen LogP contribution < -0.4 is 9.47 Å². The van der Waals surface area contributed by atoms with E-state index in [2.05, 4.69) is 15.0 Å². The SMILES string of the molecule is COc1ccc(OC(=O)c2ccc(Cl)c(-c3ccc(-c4cncnc4)cc3)c2)cn1. The van der Waals surface area contributed by atoms with E-state index in [0.29, 0.717) is 22.2 Å². The van der Waals surface area contributed by atoms with Crippen molar-refractivity contribution in [2.24, 2.45) is 0 Å². The number of aromatic nitrogens is 3. The van der Waals surface area contributed by atoms with E-state index < -0.39 is 5.97 Å². The first kappa shape index (κ1) is 19.5. The molecule has 0 aliphatic heterocycles. The number of halogens is 1. The van der Waals surface area contributed by atoms with Gasteiger partial charge in [-0.3, -0.25) is 0 Å². The molecule has 2 aromatic heterocycles. The topological polar surface area (TPSA) is 74.2 Å². The maximum atomic E-state index is 12.6. The van der Waals surface area contributed by atoms with E-state index in [1.54, 1.807) is 42.7 Å². The zero-order valence-electron chi connectivity index (χ0n) is 15.9. The molecule has 7 heteroatoms. The number of esters is 1. The predicted molar refractivity (Wildman–Crippen MR) is 114 cm³/mol. The van der Waals surface area contributed by atoms with Gasteiger partial charge in [0, 0.05) is 34.6 Å². The summed E-state index contributed by atoms with van der Waals surface area (Å²) in [7, 11) is 1.52. The van der Waals surface area contributed by atoms with Crippen LogP contribution in [0.3, 0.4) is 0 Å². The van der Waals surface area contributed by atoms with Crippen LogP contribution in [0.4, 0.5) is 0 Å². The highest BCUT2D eigenvalue weighted by atomic mass is 35.5. The lowest BCUT2D eigenvalue weighted by Gasteiger charge is -2.09. The molecule has 30 heavy (non-hydrogen) atoms. The minimum atomic E-state index is -0.502. The number of carbonyl (C=O) groups is 1. The molecule has 0 radical (unpaired) electrons. The van der Waals surface area contributed by atoms with Crippen molar-refractivity contribution in [3.63, 3.8) is 0 Å². The number of methoxy groups -OCH3 is 1. The molecule has 0 bridgehead atoms. The number of hydrogen-bond acceptors (Lipinski definition) is 6. The molecule has 148 valence electrons. The van der Waals surface area contributed by atoms with Gasteiger partial charge >= 0.3 is 5.97 Å². The molecule has 0 atom stereocenters. The highest BCUT2D eigenvalue weighted by Crippen LogP contribution is 2.31. The Kier molecular flexibility index (Phi) is 5.68. The van der Waals surface area contributed by atoms with E-state index in [4.69, 9.17) is 21.1 Å². The smallest absolute Gasteiger partial charge is 0.343 e. The second-order valence-corrected chi connectivity index (χ2v) is 6.73. The van der Waals surface area contributed by atoms with Crippen molar-refractivity contribution in [3.8, 4) is 33.9 Å². The Morgan fingerprint density at radius 2 is 1.60 bits per heavy atom. The molecule has 0 aliphatic rings. The second kappa shape index (κ2) is 8.71. The van der Waals surface area contributed by atoms with Gasteiger partial charge in [0.05, 0.1) is 18.9 Å². The normalized spacial score (nSPS) is 10.5. The van der Waals surface area contributed by atoms with Crippen LogP contribution >= 0.6 is 11.6 Å². The first-order valence-corrected chi connectivity index (χ1v) is 9.39. The van der Waals surface area contributed by atoms with Gasteiger partial charge in [0.2, 0.25) is 5.88 Å². The van der Waals surface area contributed by atoms with Crippen LogP contribution in [-0.4, -0.2) is 28.0 Å². The van der Waals surface area contributed by atoms with Gasteiger partial charge in [-0.25, -0.2) is 19.7 Å². The van der Waals surface area contributed by atoms with Gasteiger partial charge in [-0.2, -0.15) is 0 Å². The lowest BCUT2D eigenvalue weighted by Crippen LogP contribution is -2.09. The van der Waals surface area contributed by atoms with Crippen LogP contribution in [0.15, 0.2) is 79.5 Å². The van der Waals surface area contributed by atoms with Crippen LogP contribution in [-0.2, 0) is 0 Å². The van der Waals surface area contributed by atoms with Gasteiger partial charge < -0.3 is 9.47 Å². The van der Waals surface area contributed by atoms with Gasteiger partial charge in [-0.05, 0) is 35.4 Å². The number of hydrogen-bond donors (Lipinski definition) is 0. The molecule has 6 nitrogen and oxygen atoms in total. The predicted octanol–water partition coefficient (Wildman–Crippen LogP) is 5.09. The van der Waals surface area contributed by atoms with Crippen LogP contribution in [0.5, 0.6) is 11.6 Å². The van der Waals surface area contributed by atoms with Gasteiger partial charge in [0.1, 0.15) is 12.1 Å². The third-order valence-electron chi connectivity index (χ3n) is 4.42. The van der Waals surface area contributed by atoms with Gasteiger partial charge in [-0.1, -0.05) is 35.9 Å². The monoisotopic (exact) mass is 417 g/mol. The summed E-state index contributed by atoms with van der Waals surface area (Å²) in [6.45, 7) is 0. The van der Waals surface area contributed by atoms with E-state index >= 15 is 0 Å². The van der Waals surface area contributed by atoms with Gasteiger partial charge in [-0.15, -0.1) is 0 Å². The Labute approximate surface area is 178 Å². The van der Waals surface area contributed by atoms with Crippen LogP contribution in [0.1, 0.15) is 10.4 Å². The molecule has 0 spiro atoms. The van der Waals surface area contributed by atoms with Crippen molar-refractivity contribution in [1.29, 1.82) is 0 Å². The summed E-state index contributed by atoms with van der Waals surface area (Å²) in [5.41, 5.74) is 3.89. The van der Waals surface area contributed by atoms with Crippen molar-refractivity contribution < 1.29 is 14.3 Å². The van der Waals surface area contributed by atoms with Crippen molar-refractivity contribution in [2.75, 3.05) is 7.11 Å². The maximum absolute atomic E-state index is 12.6. The van der Waals surface area contributed by atoms with E-state index in [-0.39, 0.29) is 0 Å². The number of pyridine rings is 1. The van der Waals surface area contributed by atoms with Gasteiger partial charge in [0.15, 0.2) is 0 Å². The number of rotatable bonds is 5. The lowest BCUT2D eigenvalue weighted by molar-refractivity contribution is 0.0734. The summed E-state index contributed by atoms with van der Waals surface area (Å²) in [5, 5.41) is 0.536.